The maximum atomic E-state index is 5.94. The molecule has 4 nitrogen and oxygen atoms in total. The van der Waals surface area contributed by atoms with Crippen LogP contribution >= 0.6 is 0 Å². The van der Waals surface area contributed by atoms with E-state index in [-0.39, 0.29) is 0 Å². The molecule has 2 aliphatic rings. The van der Waals surface area contributed by atoms with Gasteiger partial charge < -0.3 is 4.74 Å². The van der Waals surface area contributed by atoms with E-state index in [0.29, 0.717) is 18.2 Å². The van der Waals surface area contributed by atoms with Gasteiger partial charge in [0, 0.05) is 57.9 Å². The molecule has 0 spiro atoms. The van der Waals surface area contributed by atoms with Crippen molar-refractivity contribution in [3.8, 4) is 0 Å². The number of rotatable bonds is 4. The Balaban J connectivity index is 1.73. The van der Waals surface area contributed by atoms with Gasteiger partial charge in [0.2, 0.25) is 0 Å². The summed E-state index contributed by atoms with van der Waals surface area (Å²) in [7, 11) is 0. The normalized spacial score (nSPS) is 28.4. The van der Waals surface area contributed by atoms with Crippen LogP contribution in [0.2, 0.25) is 0 Å². The molecule has 19 heavy (non-hydrogen) atoms. The summed E-state index contributed by atoms with van der Waals surface area (Å²) in [5.74, 6) is 0. The van der Waals surface area contributed by atoms with Crippen LogP contribution in [-0.4, -0.2) is 85.3 Å². The Morgan fingerprint density at radius 1 is 0.895 bits per heavy atom. The van der Waals surface area contributed by atoms with Crippen LogP contribution in [0.5, 0.6) is 0 Å². The predicted octanol–water partition coefficient (Wildman–Crippen LogP) is 1.12. The molecule has 1 unspecified atom stereocenters. The Hall–Kier alpha value is -0.160. The fourth-order valence-electron chi connectivity index (χ4n) is 3.07. The first-order valence-corrected chi connectivity index (χ1v) is 7.88. The van der Waals surface area contributed by atoms with Crippen LogP contribution in [0.4, 0.5) is 0 Å². The van der Waals surface area contributed by atoms with Crippen LogP contribution in [-0.2, 0) is 4.74 Å². The number of hydrogen-bond acceptors (Lipinski definition) is 4. The van der Waals surface area contributed by atoms with Crippen molar-refractivity contribution < 1.29 is 4.74 Å². The molecular weight excluding hydrogens is 238 g/mol. The highest BCUT2D eigenvalue weighted by molar-refractivity contribution is 4.80. The highest BCUT2D eigenvalue weighted by Crippen LogP contribution is 2.12. The lowest BCUT2D eigenvalue weighted by molar-refractivity contribution is -0.0571. The standard InChI is InChI=1S/C15H31N3O/c1-13(2)17-7-5-16(6-8-17)11-15-12-18(14(3)4)9-10-19-15/h13-15H,5-12H2,1-4H3. The fraction of sp³-hybridized carbons (Fsp3) is 1.00. The van der Waals surface area contributed by atoms with Gasteiger partial charge in [-0.25, -0.2) is 0 Å². The molecule has 0 saturated carbocycles. The minimum absolute atomic E-state index is 0.404. The molecule has 4 heteroatoms. The zero-order valence-electron chi connectivity index (χ0n) is 13.1. The van der Waals surface area contributed by atoms with Gasteiger partial charge in [0.25, 0.3) is 0 Å². The van der Waals surface area contributed by atoms with Gasteiger partial charge in [-0.1, -0.05) is 0 Å². The number of nitrogens with zero attached hydrogens (tertiary/aromatic N) is 3. The van der Waals surface area contributed by atoms with Crippen molar-refractivity contribution in [3.63, 3.8) is 0 Å². The van der Waals surface area contributed by atoms with Crippen molar-refractivity contribution in [1.29, 1.82) is 0 Å². The number of hydrogen-bond donors (Lipinski definition) is 0. The van der Waals surface area contributed by atoms with E-state index in [1.165, 1.54) is 26.2 Å². The van der Waals surface area contributed by atoms with Crippen molar-refractivity contribution in [3.05, 3.63) is 0 Å². The van der Waals surface area contributed by atoms with E-state index in [9.17, 15) is 0 Å². The van der Waals surface area contributed by atoms with E-state index in [2.05, 4.69) is 42.4 Å². The summed E-state index contributed by atoms with van der Waals surface area (Å²) < 4.78 is 5.94. The van der Waals surface area contributed by atoms with E-state index in [1.54, 1.807) is 0 Å². The molecule has 0 bridgehead atoms. The molecule has 2 rings (SSSR count). The topological polar surface area (TPSA) is 19.0 Å². The molecule has 2 aliphatic heterocycles. The van der Waals surface area contributed by atoms with E-state index in [4.69, 9.17) is 4.74 Å². The Morgan fingerprint density at radius 3 is 2.11 bits per heavy atom. The molecule has 0 aromatic rings. The van der Waals surface area contributed by atoms with Gasteiger partial charge in [-0.3, -0.25) is 14.7 Å². The van der Waals surface area contributed by atoms with Crippen molar-refractivity contribution in [1.82, 2.24) is 14.7 Å². The summed E-state index contributed by atoms with van der Waals surface area (Å²) in [5, 5.41) is 0. The second-order valence-corrected chi connectivity index (χ2v) is 6.51. The number of morpholine rings is 1. The smallest absolute Gasteiger partial charge is 0.0829 e. The van der Waals surface area contributed by atoms with Crippen molar-refractivity contribution >= 4 is 0 Å². The summed E-state index contributed by atoms with van der Waals surface area (Å²) in [6.45, 7) is 18.1. The van der Waals surface area contributed by atoms with Gasteiger partial charge in [0.15, 0.2) is 0 Å². The molecule has 2 saturated heterocycles. The summed E-state index contributed by atoms with van der Waals surface area (Å²) in [4.78, 5) is 7.69. The van der Waals surface area contributed by atoms with E-state index in [0.717, 1.165) is 26.2 Å². The minimum atomic E-state index is 0.404. The van der Waals surface area contributed by atoms with Crippen molar-refractivity contribution in [2.45, 2.75) is 45.9 Å². The highest BCUT2D eigenvalue weighted by Gasteiger charge is 2.26. The third-order valence-corrected chi connectivity index (χ3v) is 4.50. The Bertz CT molecular complexity index is 262. The highest BCUT2D eigenvalue weighted by atomic mass is 16.5. The van der Waals surface area contributed by atoms with Crippen LogP contribution in [0, 0.1) is 0 Å². The van der Waals surface area contributed by atoms with Gasteiger partial charge in [0.1, 0.15) is 0 Å². The van der Waals surface area contributed by atoms with Crippen LogP contribution in [0.25, 0.3) is 0 Å². The SMILES string of the molecule is CC(C)N1CCN(CC2CN(C(C)C)CCO2)CC1. The molecular formula is C15H31N3O. The monoisotopic (exact) mass is 269 g/mol. The lowest BCUT2D eigenvalue weighted by Crippen LogP contribution is -2.54. The summed E-state index contributed by atoms with van der Waals surface area (Å²) in [5.41, 5.74) is 0. The number of piperazine rings is 1. The van der Waals surface area contributed by atoms with Gasteiger partial charge in [-0.15, -0.1) is 0 Å². The second-order valence-electron chi connectivity index (χ2n) is 6.51. The Labute approximate surface area is 118 Å². The molecule has 0 N–H and O–H groups in total. The molecule has 0 amide bonds. The van der Waals surface area contributed by atoms with Gasteiger partial charge in [-0.05, 0) is 27.7 Å². The average Bonchev–Trinajstić information content (AvgIpc) is 2.39. The van der Waals surface area contributed by atoms with E-state index >= 15 is 0 Å². The van der Waals surface area contributed by atoms with E-state index < -0.39 is 0 Å². The van der Waals surface area contributed by atoms with Crippen LogP contribution in [0.3, 0.4) is 0 Å². The van der Waals surface area contributed by atoms with Crippen LogP contribution in [0.15, 0.2) is 0 Å². The van der Waals surface area contributed by atoms with Gasteiger partial charge >= 0.3 is 0 Å². The summed E-state index contributed by atoms with van der Waals surface area (Å²) >= 11 is 0. The maximum absolute atomic E-state index is 5.94. The quantitative estimate of drug-likeness (QED) is 0.761. The van der Waals surface area contributed by atoms with Crippen LogP contribution < -0.4 is 0 Å². The third-order valence-electron chi connectivity index (χ3n) is 4.50. The number of ether oxygens (including phenoxy) is 1. The fourth-order valence-corrected chi connectivity index (χ4v) is 3.07. The molecule has 0 aliphatic carbocycles. The zero-order chi connectivity index (χ0) is 13.8. The lowest BCUT2D eigenvalue weighted by atomic mass is 10.2. The first-order chi connectivity index (χ1) is 9.06. The van der Waals surface area contributed by atoms with Crippen molar-refractivity contribution in [2.24, 2.45) is 0 Å². The molecule has 0 aromatic carbocycles. The average molecular weight is 269 g/mol. The Morgan fingerprint density at radius 2 is 1.53 bits per heavy atom. The largest absolute Gasteiger partial charge is 0.374 e. The second kappa shape index (κ2) is 7.02. The molecule has 0 radical (unpaired) electrons. The molecule has 0 aromatic heterocycles. The predicted molar refractivity (Wildman–Crippen MR) is 79.6 cm³/mol. The van der Waals surface area contributed by atoms with Gasteiger partial charge in [-0.2, -0.15) is 0 Å². The zero-order valence-corrected chi connectivity index (χ0v) is 13.1. The lowest BCUT2D eigenvalue weighted by Gasteiger charge is -2.41. The molecule has 2 heterocycles. The molecule has 1 atom stereocenters. The minimum Gasteiger partial charge on any atom is -0.374 e. The summed E-state index contributed by atoms with van der Waals surface area (Å²) in [6, 6.07) is 1.33. The molecule has 2 fully saturated rings. The molecule has 112 valence electrons. The van der Waals surface area contributed by atoms with Crippen molar-refractivity contribution in [2.75, 3.05) is 52.4 Å². The Kier molecular flexibility index (Phi) is 5.63. The first kappa shape index (κ1) is 15.2. The van der Waals surface area contributed by atoms with E-state index in [1.807, 2.05) is 0 Å². The van der Waals surface area contributed by atoms with Crippen LogP contribution in [0.1, 0.15) is 27.7 Å². The summed E-state index contributed by atoms with van der Waals surface area (Å²) in [6.07, 6.45) is 0.404. The first-order valence-electron chi connectivity index (χ1n) is 7.88. The maximum Gasteiger partial charge on any atom is 0.0829 e. The third kappa shape index (κ3) is 4.42. The van der Waals surface area contributed by atoms with Gasteiger partial charge in [0.05, 0.1) is 12.7 Å².